The van der Waals surface area contributed by atoms with E-state index >= 15 is 0 Å². The van der Waals surface area contributed by atoms with Gasteiger partial charge in [0.2, 0.25) is 0 Å². The van der Waals surface area contributed by atoms with Crippen molar-refractivity contribution < 1.29 is 0 Å². The molecule has 1 heterocycles. The van der Waals surface area contributed by atoms with Crippen LogP contribution in [0, 0.1) is 0 Å². The number of nitrogens with zero attached hydrogens (tertiary/aromatic N) is 1. The Morgan fingerprint density at radius 1 is 1.55 bits per heavy atom. The van der Waals surface area contributed by atoms with Gasteiger partial charge in [-0.3, -0.25) is 0 Å². The highest BCUT2D eigenvalue weighted by Crippen LogP contribution is 2.28. The summed E-state index contributed by atoms with van der Waals surface area (Å²) < 4.78 is 0. The molecule has 0 spiro atoms. The lowest BCUT2D eigenvalue weighted by Gasteiger charge is -2.16. The SMILES string of the molecule is CSc1cccc(NCC(C)c2nccs2)c1C(N)=S. The molecule has 0 bridgehead atoms. The van der Waals surface area contributed by atoms with E-state index in [4.69, 9.17) is 18.0 Å². The first-order valence-corrected chi connectivity index (χ1v) is 8.74. The van der Waals surface area contributed by atoms with Crippen LogP contribution in [0.3, 0.4) is 0 Å². The number of benzene rings is 1. The molecule has 2 rings (SSSR count). The Hall–Kier alpha value is -1.11. The number of thiazole rings is 1. The highest BCUT2D eigenvalue weighted by atomic mass is 32.2. The molecule has 0 saturated carbocycles. The summed E-state index contributed by atoms with van der Waals surface area (Å²) >= 11 is 8.51. The van der Waals surface area contributed by atoms with Gasteiger partial charge in [0.05, 0.1) is 5.01 Å². The summed E-state index contributed by atoms with van der Waals surface area (Å²) in [5.74, 6) is 0.354. The van der Waals surface area contributed by atoms with E-state index in [1.54, 1.807) is 23.1 Å². The maximum absolute atomic E-state index is 5.86. The van der Waals surface area contributed by atoms with E-state index in [-0.39, 0.29) is 0 Å². The monoisotopic (exact) mass is 323 g/mol. The van der Waals surface area contributed by atoms with Crippen molar-refractivity contribution in [3.05, 3.63) is 40.3 Å². The molecule has 1 aromatic carbocycles. The van der Waals surface area contributed by atoms with Crippen LogP contribution in [0.5, 0.6) is 0 Å². The number of thiocarbonyl (C=S) groups is 1. The topological polar surface area (TPSA) is 50.9 Å². The number of rotatable bonds is 6. The zero-order chi connectivity index (χ0) is 14.5. The van der Waals surface area contributed by atoms with Crippen molar-refractivity contribution in [1.29, 1.82) is 0 Å². The predicted octanol–water partition coefficient (Wildman–Crippen LogP) is 3.71. The lowest BCUT2D eigenvalue weighted by atomic mass is 10.1. The second-order valence-electron chi connectivity index (χ2n) is 4.40. The molecule has 0 saturated heterocycles. The fourth-order valence-electron chi connectivity index (χ4n) is 1.93. The molecule has 0 aliphatic rings. The summed E-state index contributed by atoms with van der Waals surface area (Å²) in [5.41, 5.74) is 7.78. The highest BCUT2D eigenvalue weighted by Gasteiger charge is 2.13. The summed E-state index contributed by atoms with van der Waals surface area (Å²) in [5, 5.41) is 6.58. The van der Waals surface area contributed by atoms with Crippen molar-refractivity contribution in [2.24, 2.45) is 5.73 Å². The summed E-state index contributed by atoms with van der Waals surface area (Å²) in [6.07, 6.45) is 3.87. The standard InChI is InChI=1S/C14H17N3S3/c1-9(14-16-6-7-20-14)8-17-10-4-3-5-11(19-2)12(10)13(15)18/h3-7,9,17H,8H2,1-2H3,(H2,15,18). The van der Waals surface area contributed by atoms with Gasteiger partial charge in [-0.2, -0.15) is 0 Å². The van der Waals surface area contributed by atoms with E-state index in [0.717, 1.165) is 27.7 Å². The molecular formula is C14H17N3S3. The van der Waals surface area contributed by atoms with Gasteiger partial charge in [-0.15, -0.1) is 23.1 Å². The van der Waals surface area contributed by atoms with E-state index in [0.29, 0.717) is 10.9 Å². The molecule has 1 aromatic heterocycles. The van der Waals surface area contributed by atoms with Crippen molar-refractivity contribution in [2.75, 3.05) is 18.1 Å². The molecule has 1 atom stereocenters. The smallest absolute Gasteiger partial charge is 0.107 e. The third-order valence-electron chi connectivity index (χ3n) is 2.96. The first kappa shape index (κ1) is 15.3. The quantitative estimate of drug-likeness (QED) is 0.627. The molecule has 0 aliphatic carbocycles. The molecule has 3 N–H and O–H groups in total. The van der Waals surface area contributed by atoms with Crippen LogP contribution in [0.2, 0.25) is 0 Å². The van der Waals surface area contributed by atoms with Crippen molar-refractivity contribution in [1.82, 2.24) is 4.98 Å². The lowest BCUT2D eigenvalue weighted by molar-refractivity contribution is 0.794. The lowest BCUT2D eigenvalue weighted by Crippen LogP contribution is -2.17. The Morgan fingerprint density at radius 3 is 2.95 bits per heavy atom. The molecule has 2 aromatic rings. The van der Waals surface area contributed by atoms with Crippen molar-refractivity contribution in [2.45, 2.75) is 17.7 Å². The summed E-state index contributed by atoms with van der Waals surface area (Å²) in [4.78, 5) is 5.87. The average Bonchev–Trinajstić information content (AvgIpc) is 2.98. The van der Waals surface area contributed by atoms with E-state index in [1.807, 2.05) is 36.0 Å². The van der Waals surface area contributed by atoms with Crippen molar-refractivity contribution >= 4 is 46.0 Å². The Bertz CT molecular complexity index is 581. The predicted molar refractivity (Wildman–Crippen MR) is 93.1 cm³/mol. The van der Waals surface area contributed by atoms with Gasteiger partial charge in [0.25, 0.3) is 0 Å². The molecule has 3 nitrogen and oxygen atoms in total. The number of aromatic nitrogens is 1. The third kappa shape index (κ3) is 3.50. The van der Waals surface area contributed by atoms with Crippen LogP contribution >= 0.6 is 35.3 Å². The van der Waals surface area contributed by atoms with Crippen LogP contribution in [-0.4, -0.2) is 22.8 Å². The normalized spacial score (nSPS) is 12.1. The van der Waals surface area contributed by atoms with Crippen LogP contribution in [0.15, 0.2) is 34.7 Å². The van der Waals surface area contributed by atoms with Crippen LogP contribution < -0.4 is 11.1 Å². The zero-order valence-corrected chi connectivity index (χ0v) is 13.9. The number of nitrogens with two attached hydrogens (primary N) is 1. The van der Waals surface area contributed by atoms with Crippen LogP contribution in [0.4, 0.5) is 5.69 Å². The Morgan fingerprint density at radius 2 is 2.35 bits per heavy atom. The largest absolute Gasteiger partial charge is 0.389 e. The minimum absolute atomic E-state index is 0.354. The van der Waals surface area contributed by atoms with Crippen molar-refractivity contribution in [3.8, 4) is 0 Å². The number of nitrogens with one attached hydrogen (secondary N) is 1. The maximum Gasteiger partial charge on any atom is 0.107 e. The van der Waals surface area contributed by atoms with Crippen LogP contribution in [0.25, 0.3) is 0 Å². The van der Waals surface area contributed by atoms with E-state index < -0.39 is 0 Å². The summed E-state index contributed by atoms with van der Waals surface area (Å²) in [7, 11) is 0. The van der Waals surface area contributed by atoms with Gasteiger partial charge >= 0.3 is 0 Å². The Kier molecular flexibility index (Phi) is 5.39. The van der Waals surface area contributed by atoms with Gasteiger partial charge in [0, 0.05) is 40.2 Å². The molecular weight excluding hydrogens is 306 g/mol. The minimum Gasteiger partial charge on any atom is -0.389 e. The summed E-state index contributed by atoms with van der Waals surface area (Å²) in [6.45, 7) is 2.96. The Labute approximate surface area is 133 Å². The van der Waals surface area contributed by atoms with Gasteiger partial charge in [0.1, 0.15) is 4.99 Å². The first-order chi connectivity index (χ1) is 9.63. The van der Waals surface area contributed by atoms with Crippen LogP contribution in [0.1, 0.15) is 23.4 Å². The van der Waals surface area contributed by atoms with E-state index in [9.17, 15) is 0 Å². The Balaban J connectivity index is 2.15. The molecule has 106 valence electrons. The molecule has 0 amide bonds. The molecule has 0 radical (unpaired) electrons. The first-order valence-electron chi connectivity index (χ1n) is 6.23. The van der Waals surface area contributed by atoms with E-state index in [1.165, 1.54) is 0 Å². The minimum atomic E-state index is 0.354. The van der Waals surface area contributed by atoms with Crippen LogP contribution in [-0.2, 0) is 0 Å². The van der Waals surface area contributed by atoms with Gasteiger partial charge in [0.15, 0.2) is 0 Å². The maximum atomic E-state index is 5.86. The zero-order valence-electron chi connectivity index (χ0n) is 11.4. The van der Waals surface area contributed by atoms with Gasteiger partial charge in [-0.25, -0.2) is 4.98 Å². The molecule has 0 fully saturated rings. The molecule has 20 heavy (non-hydrogen) atoms. The average molecular weight is 324 g/mol. The van der Waals surface area contributed by atoms with Gasteiger partial charge < -0.3 is 11.1 Å². The third-order valence-corrected chi connectivity index (χ3v) is 4.96. The number of thioether (sulfide) groups is 1. The van der Waals surface area contributed by atoms with Crippen molar-refractivity contribution in [3.63, 3.8) is 0 Å². The second kappa shape index (κ2) is 7.06. The van der Waals surface area contributed by atoms with Gasteiger partial charge in [-0.05, 0) is 18.4 Å². The highest BCUT2D eigenvalue weighted by molar-refractivity contribution is 7.98. The molecule has 6 heteroatoms. The fourth-order valence-corrected chi connectivity index (χ4v) is 3.55. The molecule has 1 unspecified atom stereocenters. The molecule has 0 aliphatic heterocycles. The van der Waals surface area contributed by atoms with Gasteiger partial charge in [-0.1, -0.05) is 25.2 Å². The fraction of sp³-hybridized carbons (Fsp3) is 0.286. The van der Waals surface area contributed by atoms with E-state index in [2.05, 4.69) is 17.2 Å². The second-order valence-corrected chi connectivity index (χ2v) is 6.61. The number of anilines is 1. The summed E-state index contributed by atoms with van der Waals surface area (Å²) in [6, 6.07) is 6.07. The number of hydrogen-bond acceptors (Lipinski definition) is 5. The number of hydrogen-bond donors (Lipinski definition) is 2.